The van der Waals surface area contributed by atoms with E-state index in [1.54, 1.807) is 0 Å². The second-order valence-corrected chi connectivity index (χ2v) is 7.56. The van der Waals surface area contributed by atoms with Gasteiger partial charge in [-0.2, -0.15) is 11.8 Å². The Morgan fingerprint density at radius 3 is 2.76 bits per heavy atom. The summed E-state index contributed by atoms with van der Waals surface area (Å²) in [5, 5.41) is 6.87. The van der Waals surface area contributed by atoms with Crippen molar-refractivity contribution in [3.05, 3.63) is 23.8 Å². The molecule has 0 aliphatic carbocycles. The van der Waals surface area contributed by atoms with Crippen LogP contribution in [0.1, 0.15) is 18.4 Å². The predicted molar refractivity (Wildman–Crippen MR) is 102 cm³/mol. The molecule has 6 nitrogen and oxygen atoms in total. The Balaban J connectivity index is 1.44. The van der Waals surface area contributed by atoms with Crippen molar-refractivity contribution in [3.63, 3.8) is 0 Å². The normalized spacial score (nSPS) is 18.9. The van der Waals surface area contributed by atoms with Gasteiger partial charge in [0.2, 0.25) is 6.79 Å². The van der Waals surface area contributed by atoms with Gasteiger partial charge >= 0.3 is 0 Å². The topological polar surface area (TPSA) is 64.1 Å². The first-order valence-corrected chi connectivity index (χ1v) is 9.93. The quantitative estimate of drug-likeness (QED) is 0.594. The van der Waals surface area contributed by atoms with Crippen LogP contribution in [0.2, 0.25) is 0 Å². The summed E-state index contributed by atoms with van der Waals surface area (Å²) in [5.41, 5.74) is 1.22. The molecule has 3 rings (SSSR count). The Morgan fingerprint density at radius 2 is 2.00 bits per heavy atom. The van der Waals surface area contributed by atoms with Crippen LogP contribution in [0.5, 0.6) is 11.5 Å². The van der Waals surface area contributed by atoms with Crippen molar-refractivity contribution < 1.29 is 14.2 Å². The van der Waals surface area contributed by atoms with Crippen LogP contribution in [0, 0.1) is 0 Å². The SMILES string of the molecule is CN=C(NCCc1ccc2c(c1)OCO2)NCC1(SC)CCOCC1. The van der Waals surface area contributed by atoms with Crippen molar-refractivity contribution in [1.82, 2.24) is 10.6 Å². The summed E-state index contributed by atoms with van der Waals surface area (Å²) in [6, 6.07) is 6.10. The molecular weight excluding hydrogens is 338 g/mol. The fourth-order valence-electron chi connectivity index (χ4n) is 3.08. The van der Waals surface area contributed by atoms with E-state index < -0.39 is 0 Å². The zero-order chi connectivity index (χ0) is 17.5. The van der Waals surface area contributed by atoms with Crippen molar-refractivity contribution in [2.24, 2.45) is 4.99 Å². The van der Waals surface area contributed by atoms with Crippen LogP contribution in [0.3, 0.4) is 0 Å². The monoisotopic (exact) mass is 365 g/mol. The third-order valence-corrected chi connectivity index (χ3v) is 6.20. The summed E-state index contributed by atoms with van der Waals surface area (Å²) < 4.78 is 16.5. The number of guanidine groups is 1. The average molecular weight is 365 g/mol. The van der Waals surface area contributed by atoms with Crippen LogP contribution >= 0.6 is 11.8 Å². The van der Waals surface area contributed by atoms with E-state index in [4.69, 9.17) is 14.2 Å². The van der Waals surface area contributed by atoms with Crippen molar-refractivity contribution in [2.45, 2.75) is 24.0 Å². The molecule has 0 saturated carbocycles. The fraction of sp³-hybridized carbons (Fsp3) is 0.611. The second kappa shape index (κ2) is 8.67. The molecule has 0 unspecified atom stereocenters. The molecule has 0 aromatic heterocycles. The standard InChI is InChI=1S/C18H27N3O3S/c1-19-17(21-12-18(25-2)6-9-22-10-7-18)20-8-5-14-3-4-15-16(11-14)24-13-23-15/h3-4,11H,5-10,12-13H2,1-2H3,(H2,19,20,21). The molecule has 0 atom stereocenters. The van der Waals surface area contributed by atoms with Gasteiger partial charge in [0.25, 0.3) is 0 Å². The maximum Gasteiger partial charge on any atom is 0.231 e. The molecule has 1 saturated heterocycles. The highest BCUT2D eigenvalue weighted by atomic mass is 32.2. The minimum atomic E-state index is 0.243. The minimum Gasteiger partial charge on any atom is -0.454 e. The number of nitrogens with one attached hydrogen (secondary N) is 2. The van der Waals surface area contributed by atoms with E-state index in [1.165, 1.54) is 5.56 Å². The van der Waals surface area contributed by atoms with Gasteiger partial charge in [0, 0.05) is 38.1 Å². The van der Waals surface area contributed by atoms with Gasteiger partial charge < -0.3 is 24.8 Å². The summed E-state index contributed by atoms with van der Waals surface area (Å²) in [6.07, 6.45) is 5.24. The van der Waals surface area contributed by atoms with E-state index in [9.17, 15) is 0 Å². The lowest BCUT2D eigenvalue weighted by molar-refractivity contribution is 0.0783. The molecule has 0 bridgehead atoms. The zero-order valence-corrected chi connectivity index (χ0v) is 15.8. The van der Waals surface area contributed by atoms with Crippen LogP contribution in [-0.2, 0) is 11.2 Å². The smallest absolute Gasteiger partial charge is 0.231 e. The highest BCUT2D eigenvalue weighted by molar-refractivity contribution is 8.00. The van der Waals surface area contributed by atoms with E-state index in [2.05, 4.69) is 27.9 Å². The molecule has 1 fully saturated rings. The third kappa shape index (κ3) is 4.73. The van der Waals surface area contributed by atoms with Crippen LogP contribution in [-0.4, -0.2) is 57.1 Å². The summed E-state index contributed by atoms with van der Waals surface area (Å²) in [6.45, 7) is 3.73. The number of fused-ring (bicyclic) bond motifs is 1. The van der Waals surface area contributed by atoms with E-state index >= 15 is 0 Å². The van der Waals surface area contributed by atoms with Crippen LogP contribution < -0.4 is 20.1 Å². The number of hydrogen-bond acceptors (Lipinski definition) is 5. The lowest BCUT2D eigenvalue weighted by atomic mass is 9.99. The molecule has 2 heterocycles. The van der Waals surface area contributed by atoms with Crippen LogP contribution in [0.25, 0.3) is 0 Å². The predicted octanol–water partition coefficient (Wildman–Crippen LogP) is 2.03. The second-order valence-electron chi connectivity index (χ2n) is 6.29. The minimum absolute atomic E-state index is 0.243. The summed E-state index contributed by atoms with van der Waals surface area (Å²) in [7, 11) is 1.81. The summed E-state index contributed by atoms with van der Waals surface area (Å²) >= 11 is 1.93. The van der Waals surface area contributed by atoms with Gasteiger partial charge in [-0.05, 0) is 43.2 Å². The van der Waals surface area contributed by atoms with Gasteiger partial charge in [-0.15, -0.1) is 0 Å². The molecular formula is C18H27N3O3S. The lowest BCUT2D eigenvalue weighted by Crippen LogP contribution is -2.48. The number of nitrogens with zero attached hydrogens (tertiary/aromatic N) is 1. The Labute approximate surface area is 153 Å². The van der Waals surface area contributed by atoms with Crippen molar-refractivity contribution in [2.75, 3.05) is 46.4 Å². The largest absolute Gasteiger partial charge is 0.454 e. The van der Waals surface area contributed by atoms with Gasteiger partial charge in [-0.25, -0.2) is 0 Å². The van der Waals surface area contributed by atoms with Gasteiger partial charge in [0.05, 0.1) is 0 Å². The number of benzene rings is 1. The van der Waals surface area contributed by atoms with Crippen molar-refractivity contribution >= 4 is 17.7 Å². The average Bonchev–Trinajstić information content (AvgIpc) is 3.13. The maximum atomic E-state index is 5.50. The Hall–Kier alpha value is -1.60. The molecule has 1 aromatic carbocycles. The fourth-order valence-corrected chi connectivity index (χ4v) is 3.88. The molecule has 0 spiro atoms. The first kappa shape index (κ1) is 18.2. The first-order chi connectivity index (χ1) is 12.2. The van der Waals surface area contributed by atoms with Gasteiger partial charge in [-0.3, -0.25) is 4.99 Å². The highest BCUT2D eigenvalue weighted by Gasteiger charge is 2.31. The summed E-state index contributed by atoms with van der Waals surface area (Å²) in [4.78, 5) is 4.34. The zero-order valence-electron chi connectivity index (χ0n) is 15.0. The van der Waals surface area contributed by atoms with E-state index in [0.29, 0.717) is 6.79 Å². The van der Waals surface area contributed by atoms with Crippen molar-refractivity contribution in [3.8, 4) is 11.5 Å². The molecule has 2 aliphatic heterocycles. The van der Waals surface area contributed by atoms with E-state index in [1.807, 2.05) is 30.9 Å². The lowest BCUT2D eigenvalue weighted by Gasteiger charge is -2.36. The molecule has 2 aliphatic rings. The van der Waals surface area contributed by atoms with Crippen molar-refractivity contribution in [1.29, 1.82) is 0 Å². The molecule has 25 heavy (non-hydrogen) atoms. The van der Waals surface area contributed by atoms with E-state index in [-0.39, 0.29) is 4.75 Å². The third-order valence-electron chi connectivity index (χ3n) is 4.78. The van der Waals surface area contributed by atoms with E-state index in [0.717, 1.165) is 63.0 Å². The van der Waals surface area contributed by atoms with Gasteiger partial charge in [0.15, 0.2) is 17.5 Å². The Bertz CT molecular complexity index is 603. The molecule has 1 aromatic rings. The van der Waals surface area contributed by atoms with Gasteiger partial charge in [-0.1, -0.05) is 6.07 Å². The maximum absolute atomic E-state index is 5.50. The number of ether oxygens (including phenoxy) is 3. The number of aliphatic imine (C=N–C) groups is 1. The Morgan fingerprint density at radius 1 is 1.20 bits per heavy atom. The molecule has 2 N–H and O–H groups in total. The number of rotatable bonds is 6. The van der Waals surface area contributed by atoms with Crippen LogP contribution in [0.4, 0.5) is 0 Å². The van der Waals surface area contributed by atoms with Crippen LogP contribution in [0.15, 0.2) is 23.2 Å². The molecule has 0 amide bonds. The van der Waals surface area contributed by atoms with Gasteiger partial charge in [0.1, 0.15) is 0 Å². The number of thioether (sulfide) groups is 1. The number of hydrogen-bond donors (Lipinski definition) is 2. The first-order valence-electron chi connectivity index (χ1n) is 8.71. The Kier molecular flexibility index (Phi) is 6.31. The molecule has 7 heteroatoms. The molecule has 138 valence electrons. The molecule has 0 radical (unpaired) electrons. The summed E-state index contributed by atoms with van der Waals surface area (Å²) in [5.74, 6) is 2.51. The highest BCUT2D eigenvalue weighted by Crippen LogP contribution is 2.33.